The number of amides is 1. The smallest absolute Gasteiger partial charge is 0.266 e. The van der Waals surface area contributed by atoms with Gasteiger partial charge in [-0.15, -0.1) is 0 Å². The molecule has 2 aliphatic rings. The van der Waals surface area contributed by atoms with Crippen molar-refractivity contribution < 1.29 is 14.3 Å². The number of carbonyl (C=O) groups is 1. The van der Waals surface area contributed by atoms with Crippen molar-refractivity contribution in [1.29, 1.82) is 0 Å². The number of hydrogen-bond acceptors (Lipinski definition) is 5. The van der Waals surface area contributed by atoms with E-state index in [2.05, 4.69) is 0 Å². The summed E-state index contributed by atoms with van der Waals surface area (Å²) in [5.74, 6) is 1.16. The highest BCUT2D eigenvalue weighted by molar-refractivity contribution is 8.26. The van der Waals surface area contributed by atoms with Crippen LogP contribution in [0.15, 0.2) is 17.0 Å². The summed E-state index contributed by atoms with van der Waals surface area (Å²) in [5, 5.41) is 0.510. The number of halogens is 1. The van der Waals surface area contributed by atoms with Gasteiger partial charge in [0.15, 0.2) is 11.5 Å². The van der Waals surface area contributed by atoms with Gasteiger partial charge in [0.1, 0.15) is 4.32 Å². The first-order chi connectivity index (χ1) is 9.60. The van der Waals surface area contributed by atoms with Crippen LogP contribution >= 0.6 is 35.6 Å². The van der Waals surface area contributed by atoms with Crippen molar-refractivity contribution in [2.75, 3.05) is 13.3 Å². The summed E-state index contributed by atoms with van der Waals surface area (Å²) < 4.78 is 11.1. The number of hydrogen-bond donors (Lipinski definition) is 0. The number of thioether (sulfide) groups is 1. The monoisotopic (exact) mass is 327 g/mol. The number of ether oxygens (including phenoxy) is 2. The molecule has 7 heteroatoms. The standard InChI is InChI=1S/C13H10ClNO3S2/c1-2-15-12(16)11(20-13(15)19)4-7-3-9-10(5-8(7)14)18-6-17-9/h3-5H,2,6H2,1H3/b11-4+. The highest BCUT2D eigenvalue weighted by Gasteiger charge is 2.31. The lowest BCUT2D eigenvalue weighted by Crippen LogP contribution is -2.27. The Kier molecular flexibility index (Phi) is 3.62. The summed E-state index contributed by atoms with van der Waals surface area (Å²) in [6.07, 6.45) is 1.74. The van der Waals surface area contributed by atoms with Crippen LogP contribution in [-0.4, -0.2) is 28.5 Å². The maximum atomic E-state index is 12.1. The van der Waals surface area contributed by atoms with E-state index in [-0.39, 0.29) is 12.7 Å². The first kappa shape index (κ1) is 13.7. The third-order valence-electron chi connectivity index (χ3n) is 2.97. The van der Waals surface area contributed by atoms with E-state index in [1.807, 2.05) is 6.92 Å². The molecule has 3 rings (SSSR count). The third kappa shape index (κ3) is 2.28. The number of thiocarbonyl (C=S) groups is 1. The maximum absolute atomic E-state index is 12.1. The largest absolute Gasteiger partial charge is 0.454 e. The van der Waals surface area contributed by atoms with Crippen LogP contribution in [0, 0.1) is 0 Å². The average Bonchev–Trinajstić information content (AvgIpc) is 2.95. The minimum atomic E-state index is -0.0868. The van der Waals surface area contributed by atoms with Gasteiger partial charge >= 0.3 is 0 Å². The van der Waals surface area contributed by atoms with Gasteiger partial charge in [-0.1, -0.05) is 35.6 Å². The molecule has 4 nitrogen and oxygen atoms in total. The molecule has 0 radical (unpaired) electrons. The van der Waals surface area contributed by atoms with Gasteiger partial charge in [-0.2, -0.15) is 0 Å². The molecule has 0 saturated carbocycles. The summed E-state index contributed by atoms with van der Waals surface area (Å²) >= 11 is 12.6. The Balaban J connectivity index is 1.97. The molecule has 0 aromatic heterocycles. The number of rotatable bonds is 2. The Morgan fingerprint density at radius 1 is 1.45 bits per heavy atom. The zero-order chi connectivity index (χ0) is 14.3. The Morgan fingerprint density at radius 3 is 2.80 bits per heavy atom. The normalized spacial score (nSPS) is 19.3. The van der Waals surface area contributed by atoms with Gasteiger partial charge in [0.05, 0.1) is 9.93 Å². The van der Waals surface area contributed by atoms with Gasteiger partial charge in [0, 0.05) is 12.6 Å². The molecular weight excluding hydrogens is 318 g/mol. The van der Waals surface area contributed by atoms with E-state index in [0.717, 1.165) is 0 Å². The lowest BCUT2D eigenvalue weighted by Gasteiger charge is -2.09. The third-order valence-corrected chi connectivity index (χ3v) is 4.67. The quantitative estimate of drug-likeness (QED) is 0.615. The Labute approximate surface area is 130 Å². The van der Waals surface area contributed by atoms with Gasteiger partial charge in [0.25, 0.3) is 5.91 Å². The Bertz CT molecular complexity index is 645. The minimum Gasteiger partial charge on any atom is -0.454 e. The number of carbonyl (C=O) groups excluding carboxylic acids is 1. The van der Waals surface area contributed by atoms with E-state index in [0.29, 0.717) is 37.9 Å². The second-order valence-electron chi connectivity index (χ2n) is 4.15. The molecule has 0 aliphatic carbocycles. The van der Waals surface area contributed by atoms with Crippen LogP contribution in [0.1, 0.15) is 12.5 Å². The first-order valence-corrected chi connectivity index (χ1v) is 7.55. The molecule has 1 fully saturated rings. The molecule has 0 spiro atoms. The molecule has 1 aromatic rings. The fourth-order valence-corrected chi connectivity index (χ4v) is 3.54. The fourth-order valence-electron chi connectivity index (χ4n) is 1.96. The predicted molar refractivity (Wildman–Crippen MR) is 83.1 cm³/mol. The molecule has 20 heavy (non-hydrogen) atoms. The molecular formula is C13H10ClNO3S2. The topological polar surface area (TPSA) is 38.8 Å². The van der Waals surface area contributed by atoms with Gasteiger partial charge in [-0.25, -0.2) is 0 Å². The van der Waals surface area contributed by atoms with Crippen molar-refractivity contribution >= 4 is 51.9 Å². The summed E-state index contributed by atoms with van der Waals surface area (Å²) in [4.78, 5) is 14.3. The van der Waals surface area contributed by atoms with Gasteiger partial charge < -0.3 is 9.47 Å². The average molecular weight is 328 g/mol. The summed E-state index contributed by atoms with van der Waals surface area (Å²) in [6.45, 7) is 2.64. The van der Waals surface area contributed by atoms with Gasteiger partial charge in [-0.05, 0) is 24.6 Å². The van der Waals surface area contributed by atoms with E-state index in [1.165, 1.54) is 11.8 Å². The number of nitrogens with zero attached hydrogens (tertiary/aromatic N) is 1. The van der Waals surface area contributed by atoms with Crippen molar-refractivity contribution in [2.45, 2.75) is 6.92 Å². The minimum absolute atomic E-state index is 0.0868. The van der Waals surface area contributed by atoms with Crippen LogP contribution in [0.2, 0.25) is 5.02 Å². The van der Waals surface area contributed by atoms with Crippen LogP contribution in [0.3, 0.4) is 0 Å². The molecule has 2 heterocycles. The second kappa shape index (κ2) is 5.27. The maximum Gasteiger partial charge on any atom is 0.266 e. The van der Waals surface area contributed by atoms with Crippen molar-refractivity contribution in [1.82, 2.24) is 4.90 Å². The number of benzene rings is 1. The Hall–Kier alpha value is -1.24. The zero-order valence-corrected chi connectivity index (χ0v) is 12.9. The SMILES string of the molecule is CCN1C(=O)/C(=C\c2cc3c(cc2Cl)OCO3)SC1=S. The van der Waals surface area contributed by atoms with Crippen molar-refractivity contribution in [3.8, 4) is 11.5 Å². The van der Waals surface area contributed by atoms with Crippen LogP contribution in [0.5, 0.6) is 11.5 Å². The summed E-state index contributed by atoms with van der Waals surface area (Å²) in [7, 11) is 0. The second-order valence-corrected chi connectivity index (χ2v) is 6.24. The Morgan fingerprint density at radius 2 is 2.15 bits per heavy atom. The molecule has 1 amide bonds. The number of likely N-dealkylation sites (N-methyl/N-ethyl adjacent to an activating group) is 1. The van der Waals surface area contributed by atoms with Crippen LogP contribution in [-0.2, 0) is 4.79 Å². The lowest BCUT2D eigenvalue weighted by molar-refractivity contribution is -0.121. The molecule has 104 valence electrons. The van der Waals surface area contributed by atoms with Crippen LogP contribution in [0.25, 0.3) is 6.08 Å². The van der Waals surface area contributed by atoms with E-state index in [9.17, 15) is 4.79 Å². The molecule has 0 atom stereocenters. The van der Waals surface area contributed by atoms with E-state index < -0.39 is 0 Å². The summed E-state index contributed by atoms with van der Waals surface area (Å²) in [6, 6.07) is 3.46. The van der Waals surface area contributed by atoms with Crippen molar-refractivity contribution in [3.05, 3.63) is 27.6 Å². The number of fused-ring (bicyclic) bond motifs is 1. The zero-order valence-electron chi connectivity index (χ0n) is 10.5. The van der Waals surface area contributed by atoms with Crippen LogP contribution in [0.4, 0.5) is 0 Å². The van der Waals surface area contributed by atoms with E-state index in [1.54, 1.807) is 23.1 Å². The molecule has 0 bridgehead atoms. The highest BCUT2D eigenvalue weighted by atomic mass is 35.5. The van der Waals surface area contributed by atoms with E-state index in [4.69, 9.17) is 33.3 Å². The lowest BCUT2D eigenvalue weighted by atomic mass is 10.2. The highest BCUT2D eigenvalue weighted by Crippen LogP contribution is 2.39. The van der Waals surface area contributed by atoms with E-state index >= 15 is 0 Å². The molecule has 0 unspecified atom stereocenters. The summed E-state index contributed by atoms with van der Waals surface area (Å²) in [5.41, 5.74) is 0.715. The fraction of sp³-hybridized carbons (Fsp3) is 0.231. The van der Waals surface area contributed by atoms with Crippen molar-refractivity contribution in [3.63, 3.8) is 0 Å². The molecule has 0 N–H and O–H groups in total. The van der Waals surface area contributed by atoms with Crippen LogP contribution < -0.4 is 9.47 Å². The van der Waals surface area contributed by atoms with Crippen molar-refractivity contribution in [2.24, 2.45) is 0 Å². The molecule has 2 aliphatic heterocycles. The van der Waals surface area contributed by atoms with Gasteiger partial charge in [-0.3, -0.25) is 9.69 Å². The van der Waals surface area contributed by atoms with Gasteiger partial charge in [0.2, 0.25) is 6.79 Å². The predicted octanol–water partition coefficient (Wildman–Crippen LogP) is 3.29. The molecule has 1 saturated heterocycles. The molecule has 1 aromatic carbocycles. The first-order valence-electron chi connectivity index (χ1n) is 5.94.